The van der Waals surface area contributed by atoms with Gasteiger partial charge in [-0.1, -0.05) is 94.5 Å². The highest BCUT2D eigenvalue weighted by atomic mass is 16.5. The third-order valence-corrected chi connectivity index (χ3v) is 16.9. The van der Waals surface area contributed by atoms with E-state index in [2.05, 4.69) is 68.0 Å². The molecule has 1 aromatic heterocycles. The number of aromatic nitrogens is 1. The number of morpholine rings is 1. The second-order valence-corrected chi connectivity index (χ2v) is 22.8. The molecule has 3 saturated heterocycles. The zero-order valence-electron chi connectivity index (χ0n) is 49.3. The van der Waals surface area contributed by atoms with Crippen molar-refractivity contribution in [1.29, 1.82) is 0 Å². The molecule has 3 aromatic carbocycles. The minimum Gasteiger partial charge on any atom is -0.491 e. The molecule has 7 amide bonds. The van der Waals surface area contributed by atoms with E-state index in [1.54, 1.807) is 12.1 Å². The lowest BCUT2D eigenvalue weighted by Crippen LogP contribution is -2.54. The van der Waals surface area contributed by atoms with E-state index >= 15 is 0 Å². The molecule has 18 nitrogen and oxygen atoms in total. The molecule has 1 unspecified atom stereocenters. The Labute approximate surface area is 488 Å². The fourth-order valence-corrected chi connectivity index (χ4v) is 12.2. The minimum atomic E-state index is -1.06. The molecule has 8 rings (SSSR count). The molecule has 0 spiro atoms. The van der Waals surface area contributed by atoms with Crippen LogP contribution in [-0.2, 0) is 37.0 Å². The zero-order valence-corrected chi connectivity index (χ0v) is 49.3. The van der Waals surface area contributed by atoms with Crippen LogP contribution in [0.4, 0.5) is 5.69 Å². The van der Waals surface area contributed by atoms with Gasteiger partial charge in [0.2, 0.25) is 23.6 Å². The lowest BCUT2D eigenvalue weighted by molar-refractivity contribution is -0.136. The van der Waals surface area contributed by atoms with Gasteiger partial charge in [-0.15, -0.1) is 0 Å². The van der Waals surface area contributed by atoms with Gasteiger partial charge in [-0.2, -0.15) is 0 Å². The number of likely N-dealkylation sites (tertiary alicyclic amines) is 1. The molecule has 4 N–H and O–H groups in total. The number of carbonyl (C=O) groups is 7. The molecule has 0 radical (unpaired) electrons. The summed E-state index contributed by atoms with van der Waals surface area (Å²) in [6, 6.07) is 18.6. The lowest BCUT2D eigenvalue weighted by atomic mass is 9.94. The number of hydrogen-bond acceptors (Lipinski definition) is 12. The Kier molecular flexibility index (Phi) is 22.7. The van der Waals surface area contributed by atoms with Crippen molar-refractivity contribution in [2.45, 2.75) is 168 Å². The van der Waals surface area contributed by atoms with E-state index in [0.717, 1.165) is 136 Å². The van der Waals surface area contributed by atoms with Crippen LogP contribution in [0, 0.1) is 20.8 Å². The first-order valence-electron chi connectivity index (χ1n) is 30.5. The smallest absolute Gasteiger partial charge is 0.266 e. The van der Waals surface area contributed by atoms with Gasteiger partial charge < -0.3 is 34.9 Å². The quantitative estimate of drug-likeness (QED) is 0.0297. The van der Waals surface area contributed by atoms with Gasteiger partial charge in [-0.25, -0.2) is 0 Å². The average Bonchev–Trinajstić information content (AvgIpc) is 2.10. The number of unbranched alkanes of at least 4 members (excludes halogenated alkanes) is 11. The standard InChI is InChI=1S/C65H86N8O10/c1-5-72(55-41-49(48-25-23-47(24-26-48)43-70-34-37-82-38-35-70)40-52(46(55)4)61(77)67-42-53-44(2)39-45(3)68-62(53)78)50-29-32-71(33-30-50)59(76)22-17-15-13-11-9-7-6-8-10-12-14-16-21-57(74)66-31-36-83-56-20-18-19-51-60(56)65(81)73(64(51)80)54-27-28-58(75)69-63(54)79/h18-20,23-26,39-41,50,54H,5-17,21-22,27-38,42-43H2,1-4H3,(H,66,74)(H,67,77)(H,68,78)(H,69,75,79). The van der Waals surface area contributed by atoms with Crippen LogP contribution in [-0.4, -0.2) is 132 Å². The number of amides is 7. The number of imide groups is 2. The summed E-state index contributed by atoms with van der Waals surface area (Å²) in [5.74, 6) is -2.18. The van der Waals surface area contributed by atoms with Crippen LogP contribution in [0.2, 0.25) is 0 Å². The third-order valence-electron chi connectivity index (χ3n) is 16.9. The molecule has 4 aromatic rings. The third kappa shape index (κ3) is 16.6. The molecule has 4 aliphatic rings. The molecule has 3 fully saturated rings. The SMILES string of the molecule is CCN(c1cc(-c2ccc(CN3CCOCC3)cc2)cc(C(=O)NCc2c(C)cc(C)[nH]c2=O)c1C)C1CCN(C(=O)CCCCCCCCCCCCCCC(=O)NCCOc2cccc3c2C(=O)N(C2CCC(=O)NC2=O)C3=O)CC1. The molecule has 5 heterocycles. The Morgan fingerprint density at radius 1 is 0.735 bits per heavy atom. The first kappa shape index (κ1) is 61.9. The van der Waals surface area contributed by atoms with Gasteiger partial charge in [0.05, 0.1) is 30.9 Å². The zero-order chi connectivity index (χ0) is 58.8. The molecule has 0 bridgehead atoms. The number of aromatic amines is 1. The fraction of sp³-hybridized carbons (Fsp3) is 0.538. The minimum absolute atomic E-state index is 0.0389. The first-order chi connectivity index (χ1) is 40.2. The summed E-state index contributed by atoms with van der Waals surface area (Å²) in [6.07, 6.45) is 15.9. The van der Waals surface area contributed by atoms with E-state index in [1.807, 2.05) is 37.8 Å². The van der Waals surface area contributed by atoms with Crippen LogP contribution in [0.25, 0.3) is 11.1 Å². The number of nitrogens with zero attached hydrogens (tertiary/aromatic N) is 4. The summed E-state index contributed by atoms with van der Waals surface area (Å²) in [7, 11) is 0. The molecular weight excluding hydrogens is 1050 g/mol. The lowest BCUT2D eigenvalue weighted by Gasteiger charge is -2.40. The van der Waals surface area contributed by atoms with E-state index in [1.165, 1.54) is 43.7 Å². The second kappa shape index (κ2) is 30.4. The first-order valence-corrected chi connectivity index (χ1v) is 30.5. The number of anilines is 1. The van der Waals surface area contributed by atoms with Crippen molar-refractivity contribution in [1.82, 2.24) is 35.6 Å². The number of piperidine rings is 2. The monoisotopic (exact) mass is 1140 g/mol. The van der Waals surface area contributed by atoms with Gasteiger partial charge in [0, 0.05) is 93.6 Å². The van der Waals surface area contributed by atoms with Gasteiger partial charge in [0.15, 0.2) is 0 Å². The highest BCUT2D eigenvalue weighted by Crippen LogP contribution is 2.36. The summed E-state index contributed by atoms with van der Waals surface area (Å²) in [5.41, 5.74) is 7.90. The van der Waals surface area contributed by atoms with E-state index in [0.29, 0.717) is 37.1 Å². The van der Waals surface area contributed by atoms with Crippen molar-refractivity contribution in [3.8, 4) is 16.9 Å². The predicted molar refractivity (Wildman–Crippen MR) is 319 cm³/mol. The summed E-state index contributed by atoms with van der Waals surface area (Å²) in [5, 5.41) is 8.13. The van der Waals surface area contributed by atoms with Gasteiger partial charge in [-0.05, 0) is 118 Å². The fourth-order valence-electron chi connectivity index (χ4n) is 12.2. The van der Waals surface area contributed by atoms with Crippen LogP contribution in [0.1, 0.15) is 182 Å². The van der Waals surface area contributed by atoms with Crippen LogP contribution >= 0.6 is 0 Å². The Morgan fingerprint density at radius 2 is 1.40 bits per heavy atom. The average molecular weight is 1140 g/mol. The highest BCUT2D eigenvalue weighted by Gasteiger charge is 2.46. The maximum absolute atomic E-state index is 14.2. The number of pyridine rings is 1. The number of benzene rings is 3. The van der Waals surface area contributed by atoms with Crippen molar-refractivity contribution in [3.63, 3.8) is 0 Å². The number of ether oxygens (including phenoxy) is 2. The largest absolute Gasteiger partial charge is 0.491 e. The Hall–Kier alpha value is -7.18. The Morgan fingerprint density at radius 3 is 2.05 bits per heavy atom. The van der Waals surface area contributed by atoms with E-state index in [4.69, 9.17) is 9.47 Å². The topological polar surface area (TPSA) is 220 Å². The van der Waals surface area contributed by atoms with E-state index in [-0.39, 0.29) is 78.7 Å². The van der Waals surface area contributed by atoms with E-state index < -0.39 is 29.7 Å². The van der Waals surface area contributed by atoms with Crippen LogP contribution in [0.15, 0.2) is 65.5 Å². The van der Waals surface area contributed by atoms with Crippen molar-refractivity contribution in [2.75, 3.05) is 64.0 Å². The van der Waals surface area contributed by atoms with Crippen LogP contribution in [0.5, 0.6) is 5.75 Å². The number of H-pyrrole nitrogens is 1. The molecule has 1 atom stereocenters. The molecule has 446 valence electrons. The number of fused-ring (bicyclic) bond motifs is 1. The molecule has 0 aliphatic carbocycles. The maximum atomic E-state index is 14.2. The van der Waals surface area contributed by atoms with Crippen molar-refractivity contribution < 1.29 is 43.0 Å². The molecular formula is C65H86N8O10. The number of hydrogen-bond donors (Lipinski definition) is 4. The van der Waals surface area contributed by atoms with Crippen LogP contribution in [0.3, 0.4) is 0 Å². The molecule has 18 heteroatoms. The van der Waals surface area contributed by atoms with Crippen LogP contribution < -0.4 is 31.1 Å². The Balaban J connectivity index is 0.688. The van der Waals surface area contributed by atoms with Gasteiger partial charge >= 0.3 is 0 Å². The highest BCUT2D eigenvalue weighted by molar-refractivity contribution is 6.24. The number of carbonyl (C=O) groups excluding carboxylic acids is 7. The Bertz CT molecular complexity index is 3000. The number of aryl methyl sites for hydroxylation is 2. The number of nitrogens with one attached hydrogen (secondary N) is 4. The van der Waals surface area contributed by atoms with Crippen molar-refractivity contribution in [2.24, 2.45) is 0 Å². The summed E-state index contributed by atoms with van der Waals surface area (Å²) in [4.78, 5) is 114. The predicted octanol–water partition coefficient (Wildman–Crippen LogP) is 8.60. The maximum Gasteiger partial charge on any atom is 0.266 e. The summed E-state index contributed by atoms with van der Waals surface area (Å²) in [6.45, 7) is 14.8. The summed E-state index contributed by atoms with van der Waals surface area (Å²) < 4.78 is 11.4. The number of rotatable bonds is 29. The van der Waals surface area contributed by atoms with Crippen molar-refractivity contribution in [3.05, 3.63) is 116 Å². The van der Waals surface area contributed by atoms with Gasteiger partial charge in [0.1, 0.15) is 18.4 Å². The normalized spacial score (nSPS) is 16.7. The van der Waals surface area contributed by atoms with Gasteiger partial charge in [-0.3, -0.25) is 53.5 Å². The molecule has 83 heavy (non-hydrogen) atoms. The second-order valence-electron chi connectivity index (χ2n) is 22.8. The summed E-state index contributed by atoms with van der Waals surface area (Å²) >= 11 is 0. The van der Waals surface area contributed by atoms with Crippen molar-refractivity contribution >= 4 is 47.0 Å². The molecule has 4 aliphatic heterocycles. The van der Waals surface area contributed by atoms with Gasteiger partial charge in [0.25, 0.3) is 23.3 Å². The molecule has 0 saturated carbocycles. The van der Waals surface area contributed by atoms with E-state index in [9.17, 15) is 38.4 Å².